The lowest BCUT2D eigenvalue weighted by molar-refractivity contribution is 0.0954. The maximum atomic E-state index is 11.6. The molecule has 0 aliphatic rings. The van der Waals surface area contributed by atoms with E-state index in [2.05, 4.69) is 15.6 Å². The molecule has 0 aliphatic carbocycles. The second-order valence-electron chi connectivity index (χ2n) is 3.05. The molecule has 4 nitrogen and oxygen atoms in total. The van der Waals surface area contributed by atoms with Crippen LogP contribution < -0.4 is 10.6 Å². The maximum Gasteiger partial charge on any atom is 0.261 e. The van der Waals surface area contributed by atoms with Crippen molar-refractivity contribution in [1.82, 2.24) is 10.3 Å². The third-order valence-corrected chi connectivity index (χ3v) is 3.72. The molecular weight excluding hydrogens is 242 g/mol. The van der Waals surface area contributed by atoms with Crippen molar-refractivity contribution in [2.75, 3.05) is 12.4 Å². The molecule has 0 atom stereocenters. The Balaban J connectivity index is 1.90. The van der Waals surface area contributed by atoms with Crippen molar-refractivity contribution in [1.29, 1.82) is 0 Å². The average Bonchev–Trinajstić information content (AvgIpc) is 2.96. The van der Waals surface area contributed by atoms with Crippen molar-refractivity contribution < 1.29 is 4.79 Å². The summed E-state index contributed by atoms with van der Waals surface area (Å²) >= 11 is 2.96. The standard InChI is InChI=1S/C10H11N3OS2/c1-11-10-13-7(6-16-10)5-12-9(14)8-3-2-4-15-8/h2-4,6H,5H2,1H3,(H,11,13)(H,12,14). The Kier molecular flexibility index (Phi) is 3.53. The maximum absolute atomic E-state index is 11.6. The fourth-order valence-corrected chi connectivity index (χ4v) is 2.48. The van der Waals surface area contributed by atoms with E-state index in [1.165, 1.54) is 22.7 Å². The van der Waals surface area contributed by atoms with Gasteiger partial charge >= 0.3 is 0 Å². The summed E-state index contributed by atoms with van der Waals surface area (Å²) < 4.78 is 0. The number of hydrogen-bond acceptors (Lipinski definition) is 5. The first-order valence-corrected chi connectivity index (χ1v) is 6.49. The van der Waals surface area contributed by atoms with Crippen LogP contribution in [0.3, 0.4) is 0 Å². The zero-order valence-corrected chi connectivity index (χ0v) is 10.3. The highest BCUT2D eigenvalue weighted by atomic mass is 32.1. The fraction of sp³-hybridized carbons (Fsp3) is 0.200. The molecule has 0 aliphatic heterocycles. The van der Waals surface area contributed by atoms with E-state index in [9.17, 15) is 4.79 Å². The largest absolute Gasteiger partial charge is 0.365 e. The third kappa shape index (κ3) is 2.59. The first-order valence-electron chi connectivity index (χ1n) is 4.73. The molecule has 2 aromatic rings. The van der Waals surface area contributed by atoms with Crippen molar-refractivity contribution in [2.45, 2.75) is 6.54 Å². The van der Waals surface area contributed by atoms with E-state index < -0.39 is 0 Å². The average molecular weight is 253 g/mol. The zero-order valence-electron chi connectivity index (χ0n) is 8.69. The van der Waals surface area contributed by atoms with Crippen LogP contribution in [0.4, 0.5) is 5.13 Å². The van der Waals surface area contributed by atoms with Crippen molar-refractivity contribution in [3.8, 4) is 0 Å². The van der Waals surface area contributed by atoms with Gasteiger partial charge in [0.1, 0.15) is 0 Å². The Labute approximate surface area is 101 Å². The lowest BCUT2D eigenvalue weighted by atomic mass is 10.4. The number of carbonyl (C=O) groups excluding carboxylic acids is 1. The van der Waals surface area contributed by atoms with Crippen molar-refractivity contribution in [2.24, 2.45) is 0 Å². The normalized spacial score (nSPS) is 10.1. The van der Waals surface area contributed by atoms with Crippen LogP contribution in [0.25, 0.3) is 0 Å². The van der Waals surface area contributed by atoms with E-state index in [4.69, 9.17) is 0 Å². The number of nitrogens with one attached hydrogen (secondary N) is 2. The van der Waals surface area contributed by atoms with Gasteiger partial charge in [-0.2, -0.15) is 0 Å². The number of thiophene rings is 1. The monoisotopic (exact) mass is 253 g/mol. The van der Waals surface area contributed by atoms with Gasteiger partial charge in [0.25, 0.3) is 5.91 Å². The molecule has 2 N–H and O–H groups in total. The second-order valence-corrected chi connectivity index (χ2v) is 4.86. The molecule has 2 rings (SSSR count). The molecule has 0 aromatic carbocycles. The first kappa shape index (κ1) is 11.1. The van der Waals surface area contributed by atoms with Crippen LogP contribution in [0.2, 0.25) is 0 Å². The van der Waals surface area contributed by atoms with Crippen LogP contribution in [-0.4, -0.2) is 17.9 Å². The number of nitrogens with zero attached hydrogens (tertiary/aromatic N) is 1. The molecule has 0 spiro atoms. The highest BCUT2D eigenvalue weighted by Crippen LogP contribution is 2.14. The van der Waals surface area contributed by atoms with E-state index >= 15 is 0 Å². The molecule has 1 amide bonds. The van der Waals surface area contributed by atoms with E-state index in [0.29, 0.717) is 6.54 Å². The van der Waals surface area contributed by atoms with Gasteiger partial charge < -0.3 is 10.6 Å². The van der Waals surface area contributed by atoms with Gasteiger partial charge in [-0.15, -0.1) is 22.7 Å². The molecule has 0 saturated carbocycles. The topological polar surface area (TPSA) is 54.0 Å². The number of hydrogen-bond donors (Lipinski definition) is 2. The SMILES string of the molecule is CNc1nc(CNC(=O)c2cccs2)cs1. The Morgan fingerprint density at radius 2 is 2.38 bits per heavy atom. The predicted molar refractivity (Wildman–Crippen MR) is 67.1 cm³/mol. The minimum atomic E-state index is -0.0472. The summed E-state index contributed by atoms with van der Waals surface area (Å²) in [5.74, 6) is -0.0472. The van der Waals surface area contributed by atoms with E-state index in [-0.39, 0.29) is 5.91 Å². The van der Waals surface area contributed by atoms with E-state index in [1.807, 2.05) is 23.9 Å². The summed E-state index contributed by atoms with van der Waals surface area (Å²) in [4.78, 5) is 16.6. The highest BCUT2D eigenvalue weighted by Gasteiger charge is 2.07. The molecular formula is C10H11N3OS2. The minimum Gasteiger partial charge on any atom is -0.365 e. The quantitative estimate of drug-likeness (QED) is 0.878. The number of amides is 1. The number of carbonyl (C=O) groups is 1. The van der Waals surface area contributed by atoms with Gasteiger partial charge in [0.05, 0.1) is 17.1 Å². The molecule has 2 aromatic heterocycles. The second kappa shape index (κ2) is 5.09. The molecule has 0 fully saturated rings. The summed E-state index contributed by atoms with van der Waals surface area (Å²) in [6.45, 7) is 0.467. The van der Waals surface area contributed by atoms with Crippen LogP contribution in [-0.2, 0) is 6.54 Å². The van der Waals surface area contributed by atoms with Crippen molar-refractivity contribution >= 4 is 33.7 Å². The molecule has 2 heterocycles. The molecule has 0 radical (unpaired) electrons. The molecule has 6 heteroatoms. The Morgan fingerprint density at radius 3 is 3.00 bits per heavy atom. The van der Waals surface area contributed by atoms with Crippen LogP contribution in [0.1, 0.15) is 15.4 Å². The lowest BCUT2D eigenvalue weighted by Crippen LogP contribution is -2.21. The number of thiazole rings is 1. The van der Waals surface area contributed by atoms with E-state index in [1.54, 1.807) is 6.07 Å². The van der Waals surface area contributed by atoms with Gasteiger partial charge in [-0.3, -0.25) is 4.79 Å². The molecule has 0 saturated heterocycles. The molecule has 84 valence electrons. The highest BCUT2D eigenvalue weighted by molar-refractivity contribution is 7.13. The first-order chi connectivity index (χ1) is 7.79. The molecule has 0 bridgehead atoms. The minimum absolute atomic E-state index is 0.0472. The van der Waals surface area contributed by atoms with Gasteiger partial charge in [0, 0.05) is 12.4 Å². The van der Waals surface area contributed by atoms with Gasteiger partial charge in [-0.1, -0.05) is 6.07 Å². The zero-order chi connectivity index (χ0) is 11.4. The van der Waals surface area contributed by atoms with Gasteiger partial charge in [0.15, 0.2) is 5.13 Å². The Morgan fingerprint density at radius 1 is 1.50 bits per heavy atom. The summed E-state index contributed by atoms with van der Waals surface area (Å²) in [7, 11) is 1.83. The summed E-state index contributed by atoms with van der Waals surface area (Å²) in [6.07, 6.45) is 0. The lowest BCUT2D eigenvalue weighted by Gasteiger charge is -2.00. The number of aromatic nitrogens is 1. The predicted octanol–water partition coefficient (Wildman–Crippen LogP) is 2.18. The van der Waals surface area contributed by atoms with Crippen LogP contribution in [0.5, 0.6) is 0 Å². The molecule has 16 heavy (non-hydrogen) atoms. The Bertz CT molecular complexity index is 464. The summed E-state index contributed by atoms with van der Waals surface area (Å²) in [6, 6.07) is 3.67. The van der Waals surface area contributed by atoms with Gasteiger partial charge in [0.2, 0.25) is 0 Å². The fourth-order valence-electron chi connectivity index (χ4n) is 1.17. The van der Waals surface area contributed by atoms with Crippen molar-refractivity contribution in [3.05, 3.63) is 33.5 Å². The Hall–Kier alpha value is -1.40. The van der Waals surface area contributed by atoms with E-state index in [0.717, 1.165) is 15.7 Å². The smallest absolute Gasteiger partial charge is 0.261 e. The van der Waals surface area contributed by atoms with Crippen LogP contribution in [0.15, 0.2) is 22.9 Å². The van der Waals surface area contributed by atoms with Gasteiger partial charge in [-0.25, -0.2) is 4.98 Å². The number of anilines is 1. The summed E-state index contributed by atoms with van der Waals surface area (Å²) in [5.41, 5.74) is 0.874. The third-order valence-electron chi connectivity index (χ3n) is 1.94. The van der Waals surface area contributed by atoms with Crippen LogP contribution >= 0.6 is 22.7 Å². The summed E-state index contributed by atoms with van der Waals surface area (Å²) in [5, 5.41) is 10.5. The number of rotatable bonds is 4. The molecule has 0 unspecified atom stereocenters. The van der Waals surface area contributed by atoms with Gasteiger partial charge in [-0.05, 0) is 11.4 Å². The van der Waals surface area contributed by atoms with Crippen LogP contribution in [0, 0.1) is 0 Å². The van der Waals surface area contributed by atoms with Crippen molar-refractivity contribution in [3.63, 3.8) is 0 Å².